The van der Waals surface area contributed by atoms with E-state index < -0.39 is 11.9 Å². The molecule has 1 aromatic rings. The zero-order valence-electron chi connectivity index (χ0n) is 10.7. The van der Waals surface area contributed by atoms with Crippen LogP contribution in [0.15, 0.2) is 12.1 Å². The van der Waals surface area contributed by atoms with Gasteiger partial charge in [0.25, 0.3) is 0 Å². The first-order valence-electron chi connectivity index (χ1n) is 6.20. The molecule has 0 bridgehead atoms. The summed E-state index contributed by atoms with van der Waals surface area (Å²) in [5.74, 6) is 0.0904. The molecule has 1 amide bonds. The van der Waals surface area contributed by atoms with Crippen LogP contribution in [0.4, 0.5) is 19.0 Å². The third-order valence-corrected chi connectivity index (χ3v) is 3.08. The summed E-state index contributed by atoms with van der Waals surface area (Å²) in [7, 11) is 0. The van der Waals surface area contributed by atoms with Gasteiger partial charge in [0, 0.05) is 38.2 Å². The monoisotopic (exact) mass is 288 g/mol. The molecule has 1 fully saturated rings. The van der Waals surface area contributed by atoms with Gasteiger partial charge >= 0.3 is 6.18 Å². The predicted octanol–water partition coefficient (Wildman–Crippen LogP) is 0.885. The molecule has 110 valence electrons. The summed E-state index contributed by atoms with van der Waals surface area (Å²) >= 11 is 0. The van der Waals surface area contributed by atoms with E-state index in [4.69, 9.17) is 5.73 Å². The van der Waals surface area contributed by atoms with Crippen LogP contribution in [-0.2, 0) is 17.5 Å². The number of anilines is 1. The van der Waals surface area contributed by atoms with Crippen molar-refractivity contribution in [2.24, 2.45) is 5.73 Å². The van der Waals surface area contributed by atoms with Gasteiger partial charge < -0.3 is 16.0 Å². The van der Waals surface area contributed by atoms with Crippen LogP contribution in [0.5, 0.6) is 0 Å². The van der Waals surface area contributed by atoms with Crippen LogP contribution < -0.4 is 16.0 Å². The standard InChI is InChI=1S/C12H15F3N4O/c13-12(14,15)9-2-1-8(7-16)11(18-9)19-5-3-10(20)17-4-6-19/h1-2H,3-7,16H2,(H,17,20). The molecule has 0 aliphatic carbocycles. The molecule has 3 N–H and O–H groups in total. The Hall–Kier alpha value is -1.83. The maximum atomic E-state index is 12.7. The number of pyridine rings is 1. The van der Waals surface area contributed by atoms with Gasteiger partial charge in [-0.25, -0.2) is 4.98 Å². The van der Waals surface area contributed by atoms with Gasteiger partial charge in [0.15, 0.2) is 0 Å². The van der Waals surface area contributed by atoms with E-state index in [0.29, 0.717) is 25.2 Å². The number of nitrogens with zero attached hydrogens (tertiary/aromatic N) is 2. The number of amides is 1. The first kappa shape index (κ1) is 14.6. The molecule has 0 atom stereocenters. The highest BCUT2D eigenvalue weighted by Crippen LogP contribution is 2.30. The molecule has 0 unspecified atom stereocenters. The lowest BCUT2D eigenvalue weighted by molar-refractivity contribution is -0.141. The number of carbonyl (C=O) groups excluding carboxylic acids is 1. The van der Waals surface area contributed by atoms with Gasteiger partial charge in [0.2, 0.25) is 5.91 Å². The molecule has 20 heavy (non-hydrogen) atoms. The average Bonchev–Trinajstić information content (AvgIpc) is 2.61. The van der Waals surface area contributed by atoms with E-state index in [1.165, 1.54) is 6.07 Å². The normalized spacial score (nSPS) is 16.8. The Morgan fingerprint density at radius 1 is 1.35 bits per heavy atom. The van der Waals surface area contributed by atoms with Crippen LogP contribution in [-0.4, -0.2) is 30.5 Å². The van der Waals surface area contributed by atoms with Gasteiger partial charge in [-0.3, -0.25) is 4.79 Å². The maximum Gasteiger partial charge on any atom is 0.433 e. The zero-order chi connectivity index (χ0) is 14.8. The van der Waals surface area contributed by atoms with Crippen molar-refractivity contribution in [2.45, 2.75) is 19.1 Å². The SMILES string of the molecule is NCc1ccc(C(F)(F)F)nc1N1CCNC(=O)CC1. The molecule has 0 aromatic carbocycles. The van der Waals surface area contributed by atoms with Gasteiger partial charge in [-0.1, -0.05) is 6.07 Å². The second kappa shape index (κ2) is 5.66. The van der Waals surface area contributed by atoms with Crippen molar-refractivity contribution >= 4 is 11.7 Å². The van der Waals surface area contributed by atoms with Crippen molar-refractivity contribution in [1.82, 2.24) is 10.3 Å². The molecular weight excluding hydrogens is 273 g/mol. The number of aromatic nitrogens is 1. The van der Waals surface area contributed by atoms with E-state index >= 15 is 0 Å². The Morgan fingerprint density at radius 2 is 2.10 bits per heavy atom. The van der Waals surface area contributed by atoms with Crippen molar-refractivity contribution in [3.63, 3.8) is 0 Å². The molecule has 0 saturated carbocycles. The van der Waals surface area contributed by atoms with E-state index in [0.717, 1.165) is 6.07 Å². The summed E-state index contributed by atoms with van der Waals surface area (Å²) in [6, 6.07) is 2.26. The summed E-state index contributed by atoms with van der Waals surface area (Å²) in [4.78, 5) is 16.6. The number of rotatable bonds is 2. The molecule has 2 rings (SSSR count). The second-order valence-electron chi connectivity index (χ2n) is 4.47. The van der Waals surface area contributed by atoms with Crippen molar-refractivity contribution in [3.8, 4) is 0 Å². The van der Waals surface area contributed by atoms with Crippen LogP contribution in [0.3, 0.4) is 0 Å². The van der Waals surface area contributed by atoms with Crippen molar-refractivity contribution < 1.29 is 18.0 Å². The second-order valence-corrected chi connectivity index (χ2v) is 4.47. The lowest BCUT2D eigenvalue weighted by Gasteiger charge is -2.24. The molecule has 0 spiro atoms. The fraction of sp³-hybridized carbons (Fsp3) is 0.500. The molecule has 8 heteroatoms. The molecule has 1 aliphatic rings. The quantitative estimate of drug-likeness (QED) is 0.847. The number of nitrogens with two attached hydrogens (primary N) is 1. The number of nitrogens with one attached hydrogen (secondary N) is 1. The van der Waals surface area contributed by atoms with Crippen molar-refractivity contribution in [2.75, 3.05) is 24.5 Å². The largest absolute Gasteiger partial charge is 0.433 e. The molecule has 5 nitrogen and oxygen atoms in total. The number of hydrogen-bond acceptors (Lipinski definition) is 4. The number of halogens is 3. The Kier molecular flexibility index (Phi) is 4.12. The fourth-order valence-electron chi connectivity index (χ4n) is 2.05. The van der Waals surface area contributed by atoms with E-state index in [1.807, 2.05) is 0 Å². The summed E-state index contributed by atoms with van der Waals surface area (Å²) in [6.07, 6.45) is -4.27. The van der Waals surface area contributed by atoms with Crippen LogP contribution >= 0.6 is 0 Å². The molecule has 2 heterocycles. The fourth-order valence-corrected chi connectivity index (χ4v) is 2.05. The third kappa shape index (κ3) is 3.19. The lowest BCUT2D eigenvalue weighted by Crippen LogP contribution is -2.30. The van der Waals surface area contributed by atoms with E-state index in [1.54, 1.807) is 4.90 Å². The van der Waals surface area contributed by atoms with Crippen LogP contribution in [0.25, 0.3) is 0 Å². The first-order valence-corrected chi connectivity index (χ1v) is 6.20. The Bertz CT molecular complexity index is 504. The van der Waals surface area contributed by atoms with Gasteiger partial charge in [-0.15, -0.1) is 0 Å². The Balaban J connectivity index is 2.34. The van der Waals surface area contributed by atoms with Gasteiger partial charge in [0.1, 0.15) is 11.5 Å². The van der Waals surface area contributed by atoms with Gasteiger partial charge in [-0.2, -0.15) is 13.2 Å². The van der Waals surface area contributed by atoms with E-state index in [9.17, 15) is 18.0 Å². The third-order valence-electron chi connectivity index (χ3n) is 3.08. The topological polar surface area (TPSA) is 71.2 Å². The van der Waals surface area contributed by atoms with Crippen molar-refractivity contribution in [3.05, 3.63) is 23.4 Å². The highest BCUT2D eigenvalue weighted by molar-refractivity contribution is 5.77. The smallest absolute Gasteiger partial charge is 0.354 e. The van der Waals surface area contributed by atoms with E-state index in [2.05, 4.69) is 10.3 Å². The minimum Gasteiger partial charge on any atom is -0.354 e. The van der Waals surface area contributed by atoms with Gasteiger partial charge in [0.05, 0.1) is 0 Å². The summed E-state index contributed by atoms with van der Waals surface area (Å²) in [6.45, 7) is 1.21. The average molecular weight is 288 g/mol. The Labute approximate surface area is 114 Å². The highest BCUT2D eigenvalue weighted by atomic mass is 19.4. The minimum atomic E-state index is -4.50. The first-order chi connectivity index (χ1) is 9.41. The van der Waals surface area contributed by atoms with Crippen LogP contribution in [0.2, 0.25) is 0 Å². The van der Waals surface area contributed by atoms with Crippen molar-refractivity contribution in [1.29, 1.82) is 0 Å². The van der Waals surface area contributed by atoms with Gasteiger partial charge in [-0.05, 0) is 6.07 Å². The lowest BCUT2D eigenvalue weighted by atomic mass is 10.2. The number of hydrogen-bond donors (Lipinski definition) is 2. The summed E-state index contributed by atoms with van der Waals surface area (Å²) in [5.41, 5.74) is 5.14. The maximum absolute atomic E-state index is 12.7. The van der Waals surface area contributed by atoms with E-state index in [-0.39, 0.29) is 24.7 Å². The summed E-state index contributed by atoms with van der Waals surface area (Å²) < 4.78 is 38.2. The van der Waals surface area contributed by atoms with Crippen LogP contribution in [0.1, 0.15) is 17.7 Å². The zero-order valence-corrected chi connectivity index (χ0v) is 10.7. The minimum absolute atomic E-state index is 0.0956. The number of carbonyl (C=O) groups is 1. The highest BCUT2D eigenvalue weighted by Gasteiger charge is 2.33. The van der Waals surface area contributed by atoms with Crippen LogP contribution in [0, 0.1) is 0 Å². The predicted molar refractivity (Wildman–Crippen MR) is 67.0 cm³/mol. The summed E-state index contributed by atoms with van der Waals surface area (Å²) in [5, 5.41) is 2.66. The Morgan fingerprint density at radius 3 is 2.75 bits per heavy atom. The number of alkyl halides is 3. The molecular formula is C12H15F3N4O. The molecule has 1 saturated heterocycles. The molecule has 1 aromatic heterocycles. The molecule has 1 aliphatic heterocycles. The molecule has 0 radical (unpaired) electrons.